The monoisotopic (exact) mass is 471 g/mol. The first kappa shape index (κ1) is 22.2. The summed E-state index contributed by atoms with van der Waals surface area (Å²) < 4.78 is 11.0. The molecule has 0 spiro atoms. The van der Waals surface area contributed by atoms with Crippen LogP contribution in [0.3, 0.4) is 0 Å². The van der Waals surface area contributed by atoms with Gasteiger partial charge in [0.05, 0.1) is 19.9 Å². The number of rotatable bonds is 6. The molecule has 5 rings (SSSR count). The highest BCUT2D eigenvalue weighted by molar-refractivity contribution is 8.13. The minimum atomic E-state index is -0.442. The minimum absolute atomic E-state index is 0.162. The fourth-order valence-corrected chi connectivity index (χ4v) is 5.26. The third-order valence-electron chi connectivity index (χ3n) is 5.93. The van der Waals surface area contributed by atoms with Crippen LogP contribution in [0.4, 0.5) is 5.69 Å². The van der Waals surface area contributed by atoms with Gasteiger partial charge in [-0.15, -0.1) is 0 Å². The van der Waals surface area contributed by atoms with Gasteiger partial charge in [-0.2, -0.15) is 4.99 Å². The fraction of sp³-hybridized carbons (Fsp3) is 0.222. The number of aliphatic imine (C=N–C) groups is 2. The number of hydrogen-bond donors (Lipinski definition) is 0. The first-order valence-corrected chi connectivity index (χ1v) is 12.0. The summed E-state index contributed by atoms with van der Waals surface area (Å²) >= 11 is 1.61. The van der Waals surface area contributed by atoms with Crippen molar-refractivity contribution in [3.05, 3.63) is 89.0 Å². The maximum Gasteiger partial charge on any atom is 0.271 e. The highest BCUT2D eigenvalue weighted by atomic mass is 32.2. The van der Waals surface area contributed by atoms with Crippen LogP contribution in [0.25, 0.3) is 0 Å². The Bertz CT molecular complexity index is 1300. The first-order valence-electron chi connectivity index (χ1n) is 11.1. The second-order valence-corrected chi connectivity index (χ2v) is 9.19. The SMILES string of the molecule is COc1cc2c(cc1OC)C1=NC(=O)[C@H](Cc3ccccc3)N1C(SCc1cccc(C)c1)=N2. The lowest BCUT2D eigenvalue weighted by Crippen LogP contribution is -2.44. The molecule has 6 nitrogen and oxygen atoms in total. The molecule has 3 aromatic carbocycles. The number of hydrogen-bond acceptors (Lipinski definition) is 6. The number of ether oxygens (including phenoxy) is 2. The smallest absolute Gasteiger partial charge is 0.271 e. The van der Waals surface area contributed by atoms with Crippen LogP contribution in [-0.4, -0.2) is 42.1 Å². The average molecular weight is 472 g/mol. The number of amides is 1. The molecule has 172 valence electrons. The van der Waals surface area contributed by atoms with E-state index in [-0.39, 0.29) is 5.91 Å². The van der Waals surface area contributed by atoms with E-state index in [9.17, 15) is 4.79 Å². The van der Waals surface area contributed by atoms with Gasteiger partial charge in [0.2, 0.25) is 0 Å². The summed E-state index contributed by atoms with van der Waals surface area (Å²) in [6.45, 7) is 2.09. The van der Waals surface area contributed by atoms with Crippen LogP contribution >= 0.6 is 11.8 Å². The van der Waals surface area contributed by atoms with Crippen molar-refractivity contribution in [1.82, 2.24) is 4.90 Å². The van der Waals surface area contributed by atoms with Crippen LogP contribution in [0.2, 0.25) is 0 Å². The Morgan fingerprint density at radius 3 is 2.38 bits per heavy atom. The molecule has 34 heavy (non-hydrogen) atoms. The number of nitrogens with zero attached hydrogens (tertiary/aromatic N) is 3. The van der Waals surface area contributed by atoms with Gasteiger partial charge in [-0.1, -0.05) is 71.9 Å². The molecule has 1 atom stereocenters. The van der Waals surface area contributed by atoms with Gasteiger partial charge in [0, 0.05) is 23.8 Å². The van der Waals surface area contributed by atoms with Crippen LogP contribution < -0.4 is 9.47 Å². The van der Waals surface area contributed by atoms with Crippen molar-refractivity contribution in [2.45, 2.75) is 25.1 Å². The Hall–Kier alpha value is -3.58. The molecule has 2 heterocycles. The Kier molecular flexibility index (Phi) is 6.11. The lowest BCUT2D eigenvalue weighted by molar-refractivity contribution is -0.119. The highest BCUT2D eigenvalue weighted by Gasteiger charge is 2.42. The highest BCUT2D eigenvalue weighted by Crippen LogP contribution is 2.41. The average Bonchev–Trinajstić information content (AvgIpc) is 3.18. The summed E-state index contributed by atoms with van der Waals surface area (Å²) in [5, 5.41) is 0.756. The topological polar surface area (TPSA) is 63.5 Å². The number of methoxy groups -OCH3 is 2. The van der Waals surface area contributed by atoms with Crippen LogP contribution in [-0.2, 0) is 17.0 Å². The standard InChI is InChI=1S/C27H25N3O3S/c1-17-8-7-11-19(12-17)16-34-27-28-21-15-24(33-3)23(32-2)14-20(21)25-29-26(31)22(30(25)27)13-18-9-5-4-6-10-18/h4-12,14-15,22H,13,16H2,1-3H3/t22-/m0/s1. The summed E-state index contributed by atoms with van der Waals surface area (Å²) in [5.41, 5.74) is 4.98. The maximum atomic E-state index is 13.1. The van der Waals surface area contributed by atoms with Crippen molar-refractivity contribution in [2.24, 2.45) is 9.98 Å². The Balaban J connectivity index is 1.55. The fourth-order valence-electron chi connectivity index (χ4n) is 4.27. The van der Waals surface area contributed by atoms with Gasteiger partial charge < -0.3 is 9.47 Å². The van der Waals surface area contributed by atoms with E-state index in [1.54, 1.807) is 26.0 Å². The number of benzene rings is 3. The molecular formula is C27H25N3O3S. The molecule has 0 fully saturated rings. The zero-order chi connectivity index (χ0) is 23.7. The van der Waals surface area contributed by atoms with Gasteiger partial charge in [0.15, 0.2) is 16.7 Å². The molecule has 0 aliphatic carbocycles. The summed E-state index contributed by atoms with van der Waals surface area (Å²) in [5.74, 6) is 2.36. The summed E-state index contributed by atoms with van der Waals surface area (Å²) in [6.07, 6.45) is 0.555. The van der Waals surface area contributed by atoms with E-state index < -0.39 is 6.04 Å². The second kappa shape index (κ2) is 9.35. The van der Waals surface area contributed by atoms with Crippen molar-refractivity contribution < 1.29 is 14.3 Å². The van der Waals surface area contributed by atoms with Crippen molar-refractivity contribution in [3.8, 4) is 11.5 Å². The van der Waals surface area contributed by atoms with E-state index in [4.69, 9.17) is 14.5 Å². The van der Waals surface area contributed by atoms with Gasteiger partial charge in [-0.05, 0) is 24.1 Å². The van der Waals surface area contributed by atoms with E-state index in [2.05, 4.69) is 36.2 Å². The van der Waals surface area contributed by atoms with Gasteiger partial charge in [-0.3, -0.25) is 9.69 Å². The zero-order valence-electron chi connectivity index (χ0n) is 19.3. The van der Waals surface area contributed by atoms with Gasteiger partial charge in [-0.25, -0.2) is 4.99 Å². The molecule has 0 radical (unpaired) electrons. The van der Waals surface area contributed by atoms with Crippen LogP contribution in [0.5, 0.6) is 11.5 Å². The predicted molar refractivity (Wildman–Crippen MR) is 136 cm³/mol. The van der Waals surface area contributed by atoms with Crippen molar-refractivity contribution >= 4 is 34.4 Å². The van der Waals surface area contributed by atoms with E-state index in [1.165, 1.54) is 11.1 Å². The van der Waals surface area contributed by atoms with E-state index >= 15 is 0 Å². The quantitative estimate of drug-likeness (QED) is 0.498. The molecule has 0 aromatic heterocycles. The minimum Gasteiger partial charge on any atom is -0.493 e. The second-order valence-electron chi connectivity index (χ2n) is 8.25. The molecular weight excluding hydrogens is 446 g/mol. The first-order chi connectivity index (χ1) is 16.6. The molecule has 3 aromatic rings. The third-order valence-corrected chi connectivity index (χ3v) is 6.95. The number of thioether (sulfide) groups is 1. The lowest BCUT2D eigenvalue weighted by Gasteiger charge is -2.31. The van der Waals surface area contributed by atoms with E-state index in [0.29, 0.717) is 29.4 Å². The molecule has 2 aliphatic rings. The number of amidine groups is 2. The number of carbonyl (C=O) groups is 1. The van der Waals surface area contributed by atoms with Gasteiger partial charge in [0.25, 0.3) is 5.91 Å². The third kappa shape index (κ3) is 4.19. The number of carbonyl (C=O) groups excluding carboxylic acids is 1. The molecule has 0 unspecified atom stereocenters. The van der Waals surface area contributed by atoms with Crippen molar-refractivity contribution in [1.29, 1.82) is 0 Å². The van der Waals surface area contributed by atoms with Gasteiger partial charge >= 0.3 is 0 Å². The summed E-state index contributed by atoms with van der Waals surface area (Å²) in [6, 6.07) is 21.7. The van der Waals surface area contributed by atoms with Crippen LogP contribution in [0, 0.1) is 6.92 Å². The van der Waals surface area contributed by atoms with Crippen molar-refractivity contribution in [3.63, 3.8) is 0 Å². The molecule has 0 saturated carbocycles. The zero-order valence-corrected chi connectivity index (χ0v) is 20.1. The van der Waals surface area contributed by atoms with Crippen LogP contribution in [0.1, 0.15) is 22.3 Å². The predicted octanol–water partition coefficient (Wildman–Crippen LogP) is 5.15. The lowest BCUT2D eigenvalue weighted by atomic mass is 10.0. The Morgan fingerprint density at radius 1 is 0.912 bits per heavy atom. The van der Waals surface area contributed by atoms with Crippen LogP contribution in [0.15, 0.2) is 76.7 Å². The maximum absolute atomic E-state index is 13.1. The molecule has 7 heteroatoms. The largest absolute Gasteiger partial charge is 0.493 e. The molecule has 2 aliphatic heterocycles. The Morgan fingerprint density at radius 2 is 1.65 bits per heavy atom. The van der Waals surface area contributed by atoms with Crippen molar-refractivity contribution in [2.75, 3.05) is 14.2 Å². The number of fused-ring (bicyclic) bond motifs is 3. The van der Waals surface area contributed by atoms with E-state index in [1.807, 2.05) is 47.4 Å². The molecule has 1 amide bonds. The molecule has 0 N–H and O–H groups in total. The number of aryl methyl sites for hydroxylation is 1. The normalized spacial score (nSPS) is 16.5. The molecule has 0 bridgehead atoms. The summed E-state index contributed by atoms with van der Waals surface area (Å²) in [7, 11) is 3.19. The van der Waals surface area contributed by atoms with Gasteiger partial charge in [0.1, 0.15) is 11.9 Å². The molecule has 0 saturated heterocycles. The summed E-state index contributed by atoms with van der Waals surface area (Å²) in [4.78, 5) is 24.6. The van der Waals surface area contributed by atoms with E-state index in [0.717, 1.165) is 22.0 Å². The Labute approximate surface area is 203 Å².